The summed E-state index contributed by atoms with van der Waals surface area (Å²) >= 11 is 0. The summed E-state index contributed by atoms with van der Waals surface area (Å²) in [5, 5.41) is 6.54. The number of carbonyl (C=O) groups is 1. The number of anilines is 1. The molecule has 6 nitrogen and oxygen atoms in total. The molecule has 0 radical (unpaired) electrons. The van der Waals surface area contributed by atoms with Crippen LogP contribution in [0, 0.1) is 5.92 Å². The van der Waals surface area contributed by atoms with E-state index >= 15 is 0 Å². The van der Waals surface area contributed by atoms with Crippen molar-refractivity contribution in [3.63, 3.8) is 0 Å². The number of carbonyl (C=O) groups excluding carboxylic acids is 1. The van der Waals surface area contributed by atoms with Crippen LogP contribution in [0.15, 0.2) is 35.2 Å². The van der Waals surface area contributed by atoms with Gasteiger partial charge < -0.3 is 15.6 Å². The maximum Gasteiger partial charge on any atom is 0.241 e. The Morgan fingerprint density at radius 1 is 1.33 bits per heavy atom. The Morgan fingerprint density at radius 3 is 2.52 bits per heavy atom. The Balaban J connectivity index is 0.00000220. The largest absolute Gasteiger partial charge is 0.342 e. The highest BCUT2D eigenvalue weighted by Crippen LogP contribution is 2.18. The summed E-state index contributed by atoms with van der Waals surface area (Å²) in [6.07, 6.45) is 1.93. The quantitative estimate of drug-likeness (QED) is 0.884. The summed E-state index contributed by atoms with van der Waals surface area (Å²) in [7, 11) is 0. The predicted molar refractivity (Wildman–Crippen MR) is 83.0 cm³/mol. The topological polar surface area (TPSA) is 94.0 Å². The predicted octanol–water partition coefficient (Wildman–Crippen LogP) is 2.47. The normalized spacial score (nSPS) is 11.8. The molecule has 0 unspecified atom stereocenters. The van der Waals surface area contributed by atoms with Crippen LogP contribution >= 0.6 is 12.4 Å². The fourth-order valence-electron chi connectivity index (χ4n) is 1.85. The lowest BCUT2D eigenvalue weighted by atomic mass is 10.0. The van der Waals surface area contributed by atoms with Gasteiger partial charge in [0, 0.05) is 11.3 Å². The Morgan fingerprint density at radius 2 is 2.00 bits per heavy atom. The minimum atomic E-state index is -0.494. The Labute approximate surface area is 129 Å². The minimum Gasteiger partial charge on any atom is -0.342 e. The first-order valence-electron chi connectivity index (χ1n) is 6.49. The van der Waals surface area contributed by atoms with E-state index in [0.29, 0.717) is 23.9 Å². The zero-order valence-corrected chi connectivity index (χ0v) is 12.8. The smallest absolute Gasteiger partial charge is 0.241 e. The van der Waals surface area contributed by atoms with Crippen LogP contribution in [0.5, 0.6) is 0 Å². The number of hydrogen-bond donors (Lipinski definition) is 2. The van der Waals surface area contributed by atoms with Gasteiger partial charge in [0.25, 0.3) is 0 Å². The van der Waals surface area contributed by atoms with Gasteiger partial charge in [-0.2, -0.15) is 4.98 Å². The average molecular weight is 311 g/mol. The van der Waals surface area contributed by atoms with Crippen molar-refractivity contribution in [1.29, 1.82) is 0 Å². The average Bonchev–Trinajstić information content (AvgIpc) is 2.92. The van der Waals surface area contributed by atoms with Crippen LogP contribution in [0.4, 0.5) is 5.69 Å². The molecule has 0 saturated carbocycles. The molecule has 0 fully saturated rings. The first-order chi connectivity index (χ1) is 9.56. The molecule has 0 spiro atoms. The van der Waals surface area contributed by atoms with Gasteiger partial charge in [0.1, 0.15) is 0 Å². The fourth-order valence-corrected chi connectivity index (χ4v) is 1.85. The summed E-state index contributed by atoms with van der Waals surface area (Å²) in [5.41, 5.74) is 7.35. The van der Waals surface area contributed by atoms with Crippen LogP contribution in [-0.2, 0) is 4.79 Å². The van der Waals surface area contributed by atoms with Gasteiger partial charge in [-0.1, -0.05) is 19.0 Å². The van der Waals surface area contributed by atoms with Crippen LogP contribution in [0.25, 0.3) is 11.4 Å². The molecule has 1 heterocycles. The first kappa shape index (κ1) is 17.1. The maximum absolute atomic E-state index is 11.9. The van der Waals surface area contributed by atoms with E-state index in [0.717, 1.165) is 5.56 Å². The monoisotopic (exact) mass is 310 g/mol. The lowest BCUT2D eigenvalue weighted by Crippen LogP contribution is -2.36. The molecule has 0 aliphatic carbocycles. The molecule has 7 heteroatoms. The lowest BCUT2D eigenvalue weighted by Gasteiger charge is -2.14. The number of halogens is 1. The van der Waals surface area contributed by atoms with E-state index in [1.807, 2.05) is 26.0 Å². The van der Waals surface area contributed by atoms with Gasteiger partial charge in [0.05, 0.1) is 6.04 Å². The third-order valence-corrected chi connectivity index (χ3v) is 2.83. The summed E-state index contributed by atoms with van der Waals surface area (Å²) in [6, 6.07) is 6.70. The molecule has 1 aromatic carbocycles. The molecular weight excluding hydrogens is 292 g/mol. The molecule has 114 valence electrons. The van der Waals surface area contributed by atoms with Crippen molar-refractivity contribution in [2.45, 2.75) is 26.3 Å². The number of nitrogens with one attached hydrogen (secondary N) is 1. The van der Waals surface area contributed by atoms with Gasteiger partial charge in [0.2, 0.25) is 18.1 Å². The number of aromatic nitrogens is 2. The van der Waals surface area contributed by atoms with Crippen LogP contribution in [0.2, 0.25) is 0 Å². The van der Waals surface area contributed by atoms with Crippen molar-refractivity contribution >= 4 is 24.0 Å². The highest BCUT2D eigenvalue weighted by atomic mass is 35.5. The van der Waals surface area contributed by atoms with Crippen molar-refractivity contribution in [2.75, 3.05) is 5.32 Å². The molecule has 3 N–H and O–H groups in total. The maximum atomic E-state index is 11.9. The van der Waals surface area contributed by atoms with Crippen LogP contribution < -0.4 is 11.1 Å². The number of hydrogen-bond acceptors (Lipinski definition) is 5. The second-order valence-electron chi connectivity index (χ2n) is 5.06. The summed E-state index contributed by atoms with van der Waals surface area (Å²) in [6.45, 7) is 4.07. The second kappa shape index (κ2) is 7.75. The standard InChI is InChI=1S/C14H18N4O2.ClH/c1-9(2)7-12(15)14(19)17-11-5-3-10(4-6-11)13-16-8-20-18-13;/h3-6,8-9,12H,7,15H2,1-2H3,(H,17,19);1H/t12-;/m0./s1. The molecule has 0 saturated heterocycles. The van der Waals surface area contributed by atoms with E-state index in [1.165, 1.54) is 6.39 Å². The molecule has 2 aromatic rings. The molecular formula is C14H19ClN4O2. The van der Waals surface area contributed by atoms with E-state index in [9.17, 15) is 4.79 Å². The van der Waals surface area contributed by atoms with E-state index in [-0.39, 0.29) is 18.3 Å². The van der Waals surface area contributed by atoms with Gasteiger partial charge in [0.15, 0.2) is 0 Å². The van der Waals surface area contributed by atoms with Crippen molar-refractivity contribution in [2.24, 2.45) is 11.7 Å². The molecule has 21 heavy (non-hydrogen) atoms. The van der Waals surface area contributed by atoms with Gasteiger partial charge >= 0.3 is 0 Å². The van der Waals surface area contributed by atoms with E-state index in [1.54, 1.807) is 12.1 Å². The van der Waals surface area contributed by atoms with Crippen molar-refractivity contribution in [1.82, 2.24) is 10.1 Å². The van der Waals surface area contributed by atoms with Crippen LogP contribution in [-0.4, -0.2) is 22.1 Å². The Bertz CT molecular complexity index is 555. The number of nitrogens with two attached hydrogens (primary N) is 1. The summed E-state index contributed by atoms with van der Waals surface area (Å²) in [4.78, 5) is 15.8. The van der Waals surface area contributed by atoms with E-state index in [2.05, 4.69) is 20.0 Å². The van der Waals surface area contributed by atoms with Crippen molar-refractivity contribution in [3.05, 3.63) is 30.7 Å². The van der Waals surface area contributed by atoms with Crippen molar-refractivity contribution in [3.8, 4) is 11.4 Å². The highest BCUT2D eigenvalue weighted by Gasteiger charge is 2.15. The van der Waals surface area contributed by atoms with E-state index in [4.69, 9.17) is 5.73 Å². The van der Waals surface area contributed by atoms with Gasteiger partial charge in [-0.3, -0.25) is 4.79 Å². The summed E-state index contributed by atoms with van der Waals surface area (Å²) in [5.74, 6) is 0.724. The van der Waals surface area contributed by atoms with Crippen LogP contribution in [0.3, 0.4) is 0 Å². The first-order valence-corrected chi connectivity index (χ1v) is 6.49. The number of rotatable bonds is 5. The SMILES string of the molecule is CC(C)C[C@H](N)C(=O)Nc1ccc(-c2ncon2)cc1.Cl. The Kier molecular flexibility index (Phi) is 6.33. The molecule has 2 rings (SSSR count). The van der Waals surface area contributed by atoms with Crippen LogP contribution in [0.1, 0.15) is 20.3 Å². The molecule has 0 aliphatic rings. The molecule has 1 amide bonds. The Hall–Kier alpha value is -1.92. The third kappa shape index (κ3) is 4.84. The van der Waals surface area contributed by atoms with E-state index < -0.39 is 6.04 Å². The third-order valence-electron chi connectivity index (χ3n) is 2.83. The lowest BCUT2D eigenvalue weighted by molar-refractivity contribution is -0.117. The van der Waals surface area contributed by atoms with Gasteiger partial charge in [-0.15, -0.1) is 12.4 Å². The molecule has 0 aliphatic heterocycles. The molecule has 1 aromatic heterocycles. The zero-order chi connectivity index (χ0) is 14.5. The number of amides is 1. The van der Waals surface area contributed by atoms with Gasteiger partial charge in [-0.25, -0.2) is 0 Å². The zero-order valence-electron chi connectivity index (χ0n) is 11.9. The molecule has 1 atom stereocenters. The highest BCUT2D eigenvalue weighted by molar-refractivity contribution is 5.94. The number of nitrogens with zero attached hydrogens (tertiary/aromatic N) is 2. The number of benzene rings is 1. The molecule has 0 bridgehead atoms. The second-order valence-corrected chi connectivity index (χ2v) is 5.06. The summed E-state index contributed by atoms with van der Waals surface area (Å²) < 4.78 is 4.68. The van der Waals surface area contributed by atoms with Gasteiger partial charge in [-0.05, 0) is 36.6 Å². The fraction of sp³-hybridized carbons (Fsp3) is 0.357. The minimum absolute atomic E-state index is 0. The van der Waals surface area contributed by atoms with Crippen molar-refractivity contribution < 1.29 is 9.32 Å².